The number of fused-ring (bicyclic) bond motifs is 1. The summed E-state index contributed by atoms with van der Waals surface area (Å²) in [5.41, 5.74) is 7.04. The molecule has 0 saturated heterocycles. The van der Waals surface area contributed by atoms with Gasteiger partial charge in [0.15, 0.2) is 0 Å². The molecule has 1 aliphatic heterocycles. The topological polar surface area (TPSA) is 101 Å². The van der Waals surface area contributed by atoms with Gasteiger partial charge in [0.25, 0.3) is 0 Å². The van der Waals surface area contributed by atoms with Gasteiger partial charge < -0.3 is 15.8 Å². The Hall–Kier alpha value is -2.29. The van der Waals surface area contributed by atoms with Crippen LogP contribution in [0.3, 0.4) is 0 Å². The van der Waals surface area contributed by atoms with Gasteiger partial charge in [0.2, 0.25) is 11.8 Å². The number of methoxy groups -OCH3 is 1. The molecular weight excluding hydrogens is 232 g/mol. The molecular formula is C12H14N4O2. The van der Waals surface area contributed by atoms with Gasteiger partial charge in [0.05, 0.1) is 12.8 Å². The highest BCUT2D eigenvalue weighted by atomic mass is 16.5. The largest absolute Gasteiger partial charge is 0.481 e. The van der Waals surface area contributed by atoms with Gasteiger partial charge in [-0.05, 0) is 5.92 Å². The first-order valence-corrected chi connectivity index (χ1v) is 5.59. The highest BCUT2D eigenvalue weighted by molar-refractivity contribution is 5.99. The zero-order valence-electron chi connectivity index (χ0n) is 10.4. The molecule has 2 rings (SSSR count). The molecule has 6 nitrogen and oxygen atoms in total. The van der Waals surface area contributed by atoms with Crippen molar-refractivity contribution in [1.29, 1.82) is 5.26 Å². The van der Waals surface area contributed by atoms with E-state index in [-0.39, 0.29) is 29.1 Å². The van der Waals surface area contributed by atoms with E-state index in [1.807, 2.05) is 19.9 Å². The summed E-state index contributed by atoms with van der Waals surface area (Å²) in [6.07, 6.45) is 0. The van der Waals surface area contributed by atoms with Gasteiger partial charge in [0, 0.05) is 11.5 Å². The van der Waals surface area contributed by atoms with Crippen LogP contribution in [0.25, 0.3) is 0 Å². The van der Waals surface area contributed by atoms with Gasteiger partial charge >= 0.3 is 0 Å². The van der Waals surface area contributed by atoms with Crippen molar-refractivity contribution in [3.63, 3.8) is 0 Å². The molecule has 18 heavy (non-hydrogen) atoms. The van der Waals surface area contributed by atoms with Gasteiger partial charge in [-0.15, -0.1) is 0 Å². The van der Waals surface area contributed by atoms with Gasteiger partial charge in [-0.1, -0.05) is 13.8 Å². The van der Waals surface area contributed by atoms with E-state index in [0.717, 1.165) is 5.56 Å². The van der Waals surface area contributed by atoms with E-state index in [9.17, 15) is 4.79 Å². The minimum Gasteiger partial charge on any atom is -0.481 e. The average molecular weight is 246 g/mol. The van der Waals surface area contributed by atoms with Gasteiger partial charge in [0.1, 0.15) is 17.5 Å². The van der Waals surface area contributed by atoms with Crippen molar-refractivity contribution in [2.75, 3.05) is 18.2 Å². The van der Waals surface area contributed by atoms with Crippen molar-refractivity contribution in [3.8, 4) is 11.9 Å². The Morgan fingerprint density at radius 2 is 2.11 bits per heavy atom. The summed E-state index contributed by atoms with van der Waals surface area (Å²) in [5, 5.41) is 11.8. The summed E-state index contributed by atoms with van der Waals surface area (Å²) in [6, 6.07) is 1.97. The fraction of sp³-hybridized carbons (Fsp3) is 0.417. The van der Waals surface area contributed by atoms with Crippen molar-refractivity contribution in [1.82, 2.24) is 4.98 Å². The van der Waals surface area contributed by atoms with Crippen molar-refractivity contribution >= 4 is 17.4 Å². The number of hydrogen-bond donors (Lipinski definition) is 2. The monoisotopic (exact) mass is 246 g/mol. The Labute approximate surface area is 105 Å². The van der Waals surface area contributed by atoms with Crippen molar-refractivity contribution < 1.29 is 9.53 Å². The third-order valence-electron chi connectivity index (χ3n) is 3.40. The number of nitrogens with zero attached hydrogens (tertiary/aromatic N) is 2. The van der Waals surface area contributed by atoms with Gasteiger partial charge in [-0.2, -0.15) is 10.2 Å². The number of pyridine rings is 1. The van der Waals surface area contributed by atoms with Crippen LogP contribution < -0.4 is 15.8 Å². The van der Waals surface area contributed by atoms with E-state index in [2.05, 4.69) is 10.3 Å². The van der Waals surface area contributed by atoms with Crippen LogP contribution in [0.4, 0.5) is 11.5 Å². The number of amides is 1. The molecule has 1 amide bonds. The van der Waals surface area contributed by atoms with E-state index in [4.69, 9.17) is 15.7 Å². The molecule has 0 fully saturated rings. The molecule has 1 aliphatic rings. The Morgan fingerprint density at radius 3 is 2.67 bits per heavy atom. The van der Waals surface area contributed by atoms with E-state index >= 15 is 0 Å². The van der Waals surface area contributed by atoms with Crippen LogP contribution >= 0.6 is 0 Å². The summed E-state index contributed by atoms with van der Waals surface area (Å²) in [5.74, 6) is 0.0161. The number of carbonyl (C=O) groups excluding carboxylic acids is 1. The van der Waals surface area contributed by atoms with Crippen molar-refractivity contribution in [2.24, 2.45) is 5.92 Å². The number of nitrogens with one attached hydrogen (secondary N) is 1. The van der Waals surface area contributed by atoms with Crippen molar-refractivity contribution in [3.05, 3.63) is 11.1 Å². The Balaban J connectivity index is 2.76. The molecule has 0 aromatic carbocycles. The number of rotatable bonds is 1. The van der Waals surface area contributed by atoms with Crippen LogP contribution in [0, 0.1) is 17.2 Å². The standard InChI is InChI=1S/C12H14N4O2/c1-5-6(2)11(17)15-9-7(4-13)10(14)16-12(18-3)8(5)9/h5-6H,1-3H3,(H2,14,16)(H,15,17). The average Bonchev–Trinajstić information content (AvgIpc) is 2.35. The second kappa shape index (κ2) is 4.18. The summed E-state index contributed by atoms with van der Waals surface area (Å²) in [4.78, 5) is 15.9. The molecule has 0 spiro atoms. The third-order valence-corrected chi connectivity index (χ3v) is 3.40. The van der Waals surface area contributed by atoms with E-state index in [1.54, 1.807) is 0 Å². The highest BCUT2D eigenvalue weighted by Crippen LogP contribution is 2.43. The smallest absolute Gasteiger partial charge is 0.227 e. The number of nitrogen functional groups attached to an aromatic ring is 1. The molecule has 2 atom stereocenters. The second-order valence-corrected chi connectivity index (χ2v) is 4.35. The summed E-state index contributed by atoms with van der Waals surface area (Å²) in [6.45, 7) is 3.73. The van der Waals surface area contributed by atoms with Crippen LogP contribution in [0.5, 0.6) is 5.88 Å². The lowest BCUT2D eigenvalue weighted by atomic mass is 9.83. The SMILES string of the molecule is COc1nc(N)c(C#N)c2c1C(C)C(C)C(=O)N2. The fourth-order valence-electron chi connectivity index (χ4n) is 2.13. The lowest BCUT2D eigenvalue weighted by Crippen LogP contribution is -2.32. The Bertz CT molecular complexity index is 562. The zero-order valence-corrected chi connectivity index (χ0v) is 10.4. The minimum absolute atomic E-state index is 0.0650. The van der Waals surface area contributed by atoms with E-state index in [0.29, 0.717) is 11.6 Å². The summed E-state index contributed by atoms with van der Waals surface area (Å²) < 4.78 is 5.20. The molecule has 94 valence electrons. The van der Waals surface area contributed by atoms with Crippen LogP contribution in [0.2, 0.25) is 0 Å². The quantitative estimate of drug-likeness (QED) is 0.776. The molecule has 3 N–H and O–H groups in total. The second-order valence-electron chi connectivity index (χ2n) is 4.35. The number of nitrogens with two attached hydrogens (primary N) is 1. The summed E-state index contributed by atoms with van der Waals surface area (Å²) in [7, 11) is 1.49. The first kappa shape index (κ1) is 12.2. The zero-order chi connectivity index (χ0) is 13.4. The maximum Gasteiger partial charge on any atom is 0.227 e. The fourth-order valence-corrected chi connectivity index (χ4v) is 2.13. The van der Waals surface area contributed by atoms with Crippen LogP contribution in [-0.2, 0) is 4.79 Å². The molecule has 6 heteroatoms. The molecule has 0 bridgehead atoms. The minimum atomic E-state index is -0.205. The summed E-state index contributed by atoms with van der Waals surface area (Å²) >= 11 is 0. The van der Waals surface area contributed by atoms with Crippen LogP contribution in [0.1, 0.15) is 30.9 Å². The number of ether oxygens (including phenoxy) is 1. The van der Waals surface area contributed by atoms with Crippen LogP contribution in [0.15, 0.2) is 0 Å². The van der Waals surface area contributed by atoms with Gasteiger partial charge in [-0.25, -0.2) is 0 Å². The molecule has 1 aromatic heterocycles. The Morgan fingerprint density at radius 1 is 1.44 bits per heavy atom. The van der Waals surface area contributed by atoms with Gasteiger partial charge in [-0.3, -0.25) is 4.79 Å². The molecule has 0 radical (unpaired) electrons. The third kappa shape index (κ3) is 1.56. The molecule has 2 unspecified atom stereocenters. The number of nitriles is 1. The lowest BCUT2D eigenvalue weighted by Gasteiger charge is -2.30. The number of carbonyl (C=O) groups is 1. The predicted octanol–water partition coefficient (Wildman–Crippen LogP) is 1.24. The number of aromatic nitrogens is 1. The van der Waals surface area contributed by atoms with Crippen LogP contribution in [-0.4, -0.2) is 18.0 Å². The van der Waals surface area contributed by atoms with Crippen molar-refractivity contribution in [2.45, 2.75) is 19.8 Å². The molecule has 0 saturated carbocycles. The molecule has 0 aliphatic carbocycles. The molecule has 1 aromatic rings. The first-order valence-electron chi connectivity index (χ1n) is 5.59. The number of anilines is 2. The normalized spacial score (nSPS) is 21.8. The van der Waals surface area contributed by atoms with E-state index < -0.39 is 0 Å². The maximum atomic E-state index is 11.8. The lowest BCUT2D eigenvalue weighted by molar-refractivity contribution is -0.120. The molecule has 2 heterocycles. The first-order chi connectivity index (χ1) is 8.51. The Kier molecular flexibility index (Phi) is 2.83. The highest BCUT2D eigenvalue weighted by Gasteiger charge is 2.35. The van der Waals surface area contributed by atoms with E-state index in [1.165, 1.54) is 7.11 Å². The predicted molar refractivity (Wildman–Crippen MR) is 66.1 cm³/mol. The maximum absolute atomic E-state index is 11.8. The number of hydrogen-bond acceptors (Lipinski definition) is 5.